The molecule has 2 aliphatic rings. The summed E-state index contributed by atoms with van der Waals surface area (Å²) in [5.74, 6) is -0.279. The van der Waals surface area contributed by atoms with E-state index in [0.717, 1.165) is 29.7 Å². The Kier molecular flexibility index (Phi) is 7.09. The molecule has 2 aliphatic heterocycles. The molecule has 2 heterocycles. The minimum atomic E-state index is -3.54. The average molecular weight is 484 g/mol. The van der Waals surface area contributed by atoms with Crippen LogP contribution in [0.25, 0.3) is 0 Å². The highest BCUT2D eigenvalue weighted by Gasteiger charge is 2.35. The highest BCUT2D eigenvalue weighted by atomic mass is 32.2. The van der Waals surface area contributed by atoms with Crippen LogP contribution in [0.2, 0.25) is 0 Å². The zero-order valence-corrected chi connectivity index (χ0v) is 21.0. The van der Waals surface area contributed by atoms with Crippen molar-refractivity contribution >= 4 is 27.5 Å². The molecule has 0 radical (unpaired) electrons. The van der Waals surface area contributed by atoms with Gasteiger partial charge in [-0.1, -0.05) is 31.5 Å². The van der Waals surface area contributed by atoms with Crippen LogP contribution < -0.4 is 4.90 Å². The number of piperidine rings is 1. The molecule has 1 fully saturated rings. The number of likely N-dealkylation sites (tertiary alicyclic amines) is 1. The first kappa shape index (κ1) is 24.4. The van der Waals surface area contributed by atoms with Crippen LogP contribution in [0.3, 0.4) is 0 Å². The van der Waals surface area contributed by atoms with Crippen molar-refractivity contribution < 1.29 is 18.0 Å². The number of carbonyl (C=O) groups is 2. The van der Waals surface area contributed by atoms with Crippen LogP contribution in [0.4, 0.5) is 5.69 Å². The standard InChI is InChI=1S/C26H33N3O4S/c1-4-28(5-2)34(32,33)23-12-13-24-21(17-23)14-16-29(24)26(31)22-7-6-15-27(18-22)25(30)20-10-8-19(3)9-11-20/h8-13,17,22H,4-7,14-16,18H2,1-3H3. The molecule has 2 aromatic rings. The molecule has 2 aromatic carbocycles. The first-order chi connectivity index (χ1) is 16.3. The molecule has 2 amide bonds. The minimum Gasteiger partial charge on any atom is -0.338 e. The van der Waals surface area contributed by atoms with Crippen molar-refractivity contribution in [2.45, 2.75) is 44.9 Å². The molecule has 8 heteroatoms. The second-order valence-electron chi connectivity index (χ2n) is 9.08. The molecule has 0 bridgehead atoms. The van der Waals surface area contributed by atoms with E-state index in [0.29, 0.717) is 44.7 Å². The van der Waals surface area contributed by atoms with E-state index in [-0.39, 0.29) is 22.6 Å². The SMILES string of the molecule is CCN(CC)S(=O)(=O)c1ccc2c(c1)CCN2C(=O)C1CCCN(C(=O)c2ccc(C)cc2)C1. The third kappa shape index (κ3) is 4.61. The van der Waals surface area contributed by atoms with Gasteiger partial charge in [0.1, 0.15) is 0 Å². The van der Waals surface area contributed by atoms with Crippen LogP contribution in [-0.2, 0) is 21.2 Å². The maximum absolute atomic E-state index is 13.5. The zero-order chi connectivity index (χ0) is 24.5. The van der Waals surface area contributed by atoms with Gasteiger partial charge in [-0.3, -0.25) is 9.59 Å². The molecular weight excluding hydrogens is 450 g/mol. The molecule has 182 valence electrons. The van der Waals surface area contributed by atoms with Crippen LogP contribution >= 0.6 is 0 Å². The number of amides is 2. The van der Waals surface area contributed by atoms with Gasteiger partial charge in [-0.25, -0.2) is 8.42 Å². The fourth-order valence-corrected chi connectivity index (χ4v) is 6.45. The summed E-state index contributed by atoms with van der Waals surface area (Å²) in [5.41, 5.74) is 3.41. The van der Waals surface area contributed by atoms with Crippen LogP contribution in [0, 0.1) is 12.8 Å². The monoisotopic (exact) mass is 483 g/mol. The van der Waals surface area contributed by atoms with Crippen molar-refractivity contribution in [3.63, 3.8) is 0 Å². The summed E-state index contributed by atoms with van der Waals surface area (Å²) in [6.07, 6.45) is 2.16. The van der Waals surface area contributed by atoms with Gasteiger partial charge >= 0.3 is 0 Å². The number of fused-ring (bicyclic) bond motifs is 1. The van der Waals surface area contributed by atoms with Gasteiger partial charge in [-0.05, 0) is 62.1 Å². The third-order valence-electron chi connectivity index (χ3n) is 6.91. The summed E-state index contributed by atoms with van der Waals surface area (Å²) >= 11 is 0. The van der Waals surface area contributed by atoms with Crippen LogP contribution in [-0.4, -0.2) is 62.2 Å². The van der Waals surface area contributed by atoms with Crippen molar-refractivity contribution in [3.8, 4) is 0 Å². The Morgan fingerprint density at radius 3 is 2.41 bits per heavy atom. The Morgan fingerprint density at radius 1 is 1.03 bits per heavy atom. The molecule has 1 saturated heterocycles. The summed E-state index contributed by atoms with van der Waals surface area (Å²) in [4.78, 5) is 30.3. The van der Waals surface area contributed by atoms with Gasteiger partial charge in [0.15, 0.2) is 0 Å². The Hall–Kier alpha value is -2.71. The Balaban J connectivity index is 1.49. The third-order valence-corrected chi connectivity index (χ3v) is 8.96. The van der Waals surface area contributed by atoms with Crippen LogP contribution in [0.15, 0.2) is 47.4 Å². The predicted molar refractivity (Wildman–Crippen MR) is 132 cm³/mol. The Morgan fingerprint density at radius 2 is 1.74 bits per heavy atom. The second-order valence-corrected chi connectivity index (χ2v) is 11.0. The van der Waals surface area contributed by atoms with Gasteiger partial charge in [-0.15, -0.1) is 0 Å². The lowest BCUT2D eigenvalue weighted by Crippen LogP contribution is -2.46. The number of anilines is 1. The summed E-state index contributed by atoms with van der Waals surface area (Å²) < 4.78 is 27.2. The number of aryl methyl sites for hydroxylation is 1. The van der Waals surface area contributed by atoms with Crippen molar-refractivity contribution in [1.29, 1.82) is 0 Å². The van der Waals surface area contributed by atoms with E-state index in [2.05, 4.69) is 0 Å². The molecule has 0 N–H and O–H groups in total. The highest BCUT2D eigenvalue weighted by Crippen LogP contribution is 2.33. The lowest BCUT2D eigenvalue weighted by Gasteiger charge is -2.34. The Labute approximate surface area is 202 Å². The van der Waals surface area contributed by atoms with Crippen molar-refractivity contribution in [1.82, 2.24) is 9.21 Å². The maximum atomic E-state index is 13.5. The van der Waals surface area contributed by atoms with Crippen LogP contribution in [0.1, 0.15) is 48.2 Å². The molecule has 0 aliphatic carbocycles. The number of rotatable bonds is 6. The Bertz CT molecular complexity index is 1170. The molecule has 0 aromatic heterocycles. The van der Waals surface area contributed by atoms with Gasteiger partial charge in [0.05, 0.1) is 10.8 Å². The highest BCUT2D eigenvalue weighted by molar-refractivity contribution is 7.89. The molecule has 7 nitrogen and oxygen atoms in total. The molecule has 1 unspecified atom stereocenters. The van der Waals surface area contributed by atoms with Crippen molar-refractivity contribution in [2.75, 3.05) is 37.6 Å². The molecule has 4 rings (SSSR count). The lowest BCUT2D eigenvalue weighted by molar-refractivity contribution is -0.123. The fraction of sp³-hybridized carbons (Fsp3) is 0.462. The predicted octanol–water partition coefficient (Wildman–Crippen LogP) is 3.47. The maximum Gasteiger partial charge on any atom is 0.253 e. The molecule has 0 spiro atoms. The lowest BCUT2D eigenvalue weighted by atomic mass is 9.95. The number of benzene rings is 2. The zero-order valence-electron chi connectivity index (χ0n) is 20.2. The fourth-order valence-electron chi connectivity index (χ4n) is 4.94. The molecule has 0 saturated carbocycles. The average Bonchev–Trinajstić information content (AvgIpc) is 3.27. The number of carbonyl (C=O) groups excluding carboxylic acids is 2. The van der Waals surface area contributed by atoms with Gasteiger partial charge in [0.25, 0.3) is 5.91 Å². The summed E-state index contributed by atoms with van der Waals surface area (Å²) in [7, 11) is -3.54. The number of nitrogens with zero attached hydrogens (tertiary/aromatic N) is 3. The summed E-state index contributed by atoms with van der Waals surface area (Å²) in [5, 5.41) is 0. The molecule has 1 atom stereocenters. The molecule has 34 heavy (non-hydrogen) atoms. The first-order valence-electron chi connectivity index (χ1n) is 12.1. The van der Waals surface area contributed by atoms with Crippen molar-refractivity contribution in [3.05, 3.63) is 59.2 Å². The minimum absolute atomic E-state index is 0.0134. The number of hydrogen-bond acceptors (Lipinski definition) is 4. The topological polar surface area (TPSA) is 78.0 Å². The van der Waals surface area contributed by atoms with E-state index in [1.54, 1.807) is 28.0 Å². The quantitative estimate of drug-likeness (QED) is 0.630. The van der Waals surface area contributed by atoms with E-state index in [1.807, 2.05) is 45.0 Å². The van der Waals surface area contributed by atoms with Crippen LogP contribution in [0.5, 0.6) is 0 Å². The van der Waals surface area contributed by atoms with Gasteiger partial charge in [-0.2, -0.15) is 4.31 Å². The van der Waals surface area contributed by atoms with Gasteiger partial charge in [0.2, 0.25) is 15.9 Å². The van der Waals surface area contributed by atoms with E-state index >= 15 is 0 Å². The smallest absolute Gasteiger partial charge is 0.253 e. The normalized spacial score (nSPS) is 18.3. The van der Waals surface area contributed by atoms with E-state index in [9.17, 15) is 18.0 Å². The van der Waals surface area contributed by atoms with E-state index in [1.165, 1.54) is 4.31 Å². The van der Waals surface area contributed by atoms with Crippen molar-refractivity contribution in [2.24, 2.45) is 5.92 Å². The summed E-state index contributed by atoms with van der Waals surface area (Å²) in [6, 6.07) is 12.6. The van der Waals surface area contributed by atoms with Gasteiger partial charge < -0.3 is 9.80 Å². The number of sulfonamides is 1. The first-order valence-corrected chi connectivity index (χ1v) is 13.5. The second kappa shape index (κ2) is 9.88. The molecular formula is C26H33N3O4S. The largest absolute Gasteiger partial charge is 0.338 e. The number of hydrogen-bond donors (Lipinski definition) is 0. The van der Waals surface area contributed by atoms with E-state index < -0.39 is 10.0 Å². The summed E-state index contributed by atoms with van der Waals surface area (Å²) in [6.45, 7) is 8.06. The van der Waals surface area contributed by atoms with Gasteiger partial charge in [0, 0.05) is 44.0 Å². The van der Waals surface area contributed by atoms with E-state index in [4.69, 9.17) is 0 Å².